The molecule has 0 saturated heterocycles. The van der Waals surface area contributed by atoms with E-state index in [-0.39, 0.29) is 11.8 Å². The van der Waals surface area contributed by atoms with Gasteiger partial charge < -0.3 is 4.90 Å². The van der Waals surface area contributed by atoms with E-state index >= 15 is 0 Å². The summed E-state index contributed by atoms with van der Waals surface area (Å²) in [4.78, 5) is 18.1. The zero-order chi connectivity index (χ0) is 17.9. The number of aryl methyl sites for hydroxylation is 1. The van der Waals surface area contributed by atoms with Crippen molar-refractivity contribution in [2.24, 2.45) is 5.92 Å². The lowest BCUT2D eigenvalue weighted by Gasteiger charge is -2.23. The average molecular weight is 352 g/mol. The number of rotatable bonds is 6. The van der Waals surface area contributed by atoms with E-state index in [0.717, 1.165) is 6.20 Å². The summed E-state index contributed by atoms with van der Waals surface area (Å²) < 4.78 is 26.2. The molecular formula is C16H21FN4O2S. The van der Waals surface area contributed by atoms with E-state index in [4.69, 9.17) is 0 Å². The lowest BCUT2D eigenvalue weighted by atomic mass is 10.1. The molecule has 6 nitrogen and oxygen atoms in total. The molecule has 2 unspecified atom stereocenters. The van der Waals surface area contributed by atoms with E-state index in [0.29, 0.717) is 29.4 Å². The molecule has 2 heterocycles. The lowest BCUT2D eigenvalue weighted by Crippen LogP contribution is -2.37. The minimum absolute atomic E-state index is 0.104. The van der Waals surface area contributed by atoms with Gasteiger partial charge in [0.15, 0.2) is 0 Å². The number of carbonyl (C=O) groups is 1. The van der Waals surface area contributed by atoms with E-state index in [1.807, 2.05) is 6.92 Å². The molecule has 130 valence electrons. The number of pyridine rings is 1. The van der Waals surface area contributed by atoms with Crippen molar-refractivity contribution < 1.29 is 13.4 Å². The minimum atomic E-state index is -1.04. The highest BCUT2D eigenvalue weighted by atomic mass is 32.2. The van der Waals surface area contributed by atoms with Crippen molar-refractivity contribution >= 4 is 22.4 Å². The van der Waals surface area contributed by atoms with Gasteiger partial charge >= 0.3 is 0 Å². The maximum atomic E-state index is 13.3. The van der Waals surface area contributed by atoms with Crippen LogP contribution >= 0.6 is 0 Å². The minimum Gasteiger partial charge on any atom is -0.309 e. The largest absolute Gasteiger partial charge is 0.309 e. The molecule has 0 bridgehead atoms. The van der Waals surface area contributed by atoms with Gasteiger partial charge in [0.2, 0.25) is 5.91 Å². The zero-order valence-electron chi connectivity index (χ0n) is 14.2. The number of hydrogen-bond donors (Lipinski definition) is 0. The fraction of sp³-hybridized carbons (Fsp3) is 0.438. The Bertz CT molecular complexity index is 762. The van der Waals surface area contributed by atoms with Gasteiger partial charge in [0.05, 0.1) is 35.7 Å². The molecule has 0 saturated carbocycles. The van der Waals surface area contributed by atoms with Crippen LogP contribution in [0.25, 0.3) is 5.69 Å². The number of anilines is 1. The Kier molecular flexibility index (Phi) is 5.82. The fourth-order valence-corrected chi connectivity index (χ4v) is 3.36. The molecule has 0 spiro atoms. The van der Waals surface area contributed by atoms with Crippen LogP contribution in [-0.2, 0) is 15.6 Å². The normalized spacial score (nSPS) is 13.5. The summed E-state index contributed by atoms with van der Waals surface area (Å²) in [5.41, 5.74) is 1.79. The van der Waals surface area contributed by atoms with Crippen molar-refractivity contribution in [1.29, 1.82) is 0 Å². The molecular weight excluding hydrogens is 331 g/mol. The van der Waals surface area contributed by atoms with E-state index < -0.39 is 16.6 Å². The van der Waals surface area contributed by atoms with Gasteiger partial charge in [0.25, 0.3) is 0 Å². The Morgan fingerprint density at radius 1 is 1.46 bits per heavy atom. The molecule has 2 aromatic rings. The molecule has 0 N–H and O–H groups in total. The fourth-order valence-electron chi connectivity index (χ4n) is 2.51. The number of aromatic nitrogens is 3. The summed E-state index contributed by atoms with van der Waals surface area (Å²) >= 11 is 0. The van der Waals surface area contributed by atoms with Crippen LogP contribution in [0.3, 0.4) is 0 Å². The van der Waals surface area contributed by atoms with Gasteiger partial charge in [0.1, 0.15) is 5.82 Å². The van der Waals surface area contributed by atoms with Gasteiger partial charge in [-0.15, -0.1) is 0 Å². The SMILES string of the molecule is CCN(C(=O)C(C)CS(C)=O)c1cn(-c2cncc(F)c2)nc1C. The predicted molar refractivity (Wildman–Crippen MR) is 92.2 cm³/mol. The van der Waals surface area contributed by atoms with Gasteiger partial charge in [-0.25, -0.2) is 9.07 Å². The van der Waals surface area contributed by atoms with Crippen molar-refractivity contribution in [2.75, 3.05) is 23.5 Å². The summed E-state index contributed by atoms with van der Waals surface area (Å²) in [6, 6.07) is 1.32. The van der Waals surface area contributed by atoms with Crippen LogP contribution in [0.15, 0.2) is 24.7 Å². The van der Waals surface area contributed by atoms with Gasteiger partial charge in [-0.1, -0.05) is 6.92 Å². The molecule has 8 heteroatoms. The second kappa shape index (κ2) is 7.65. The number of amides is 1. The van der Waals surface area contributed by atoms with E-state index in [2.05, 4.69) is 10.1 Å². The molecule has 2 rings (SSSR count). The van der Waals surface area contributed by atoms with Crippen LogP contribution in [0, 0.1) is 18.7 Å². The highest BCUT2D eigenvalue weighted by molar-refractivity contribution is 7.84. The summed E-state index contributed by atoms with van der Waals surface area (Å²) in [6.45, 7) is 5.89. The second-order valence-electron chi connectivity index (χ2n) is 5.63. The molecule has 1 amide bonds. The molecule has 0 aliphatic rings. The third kappa shape index (κ3) is 4.05. The molecule has 24 heavy (non-hydrogen) atoms. The number of carbonyl (C=O) groups excluding carboxylic acids is 1. The molecule has 0 fully saturated rings. The molecule has 0 radical (unpaired) electrons. The van der Waals surface area contributed by atoms with E-state index in [1.54, 1.807) is 31.2 Å². The van der Waals surface area contributed by atoms with Gasteiger partial charge in [0, 0.05) is 41.3 Å². The zero-order valence-corrected chi connectivity index (χ0v) is 15.0. The van der Waals surface area contributed by atoms with Crippen LogP contribution in [0.1, 0.15) is 19.5 Å². The van der Waals surface area contributed by atoms with Crippen molar-refractivity contribution in [2.45, 2.75) is 20.8 Å². The van der Waals surface area contributed by atoms with Crippen molar-refractivity contribution in [1.82, 2.24) is 14.8 Å². The summed E-state index contributed by atoms with van der Waals surface area (Å²) in [6.07, 6.45) is 5.89. The topological polar surface area (TPSA) is 68.1 Å². The number of halogens is 1. The van der Waals surface area contributed by atoms with Crippen molar-refractivity contribution in [3.63, 3.8) is 0 Å². The van der Waals surface area contributed by atoms with Crippen LogP contribution in [0.4, 0.5) is 10.1 Å². The average Bonchev–Trinajstić information content (AvgIpc) is 2.89. The molecule has 0 aliphatic carbocycles. The predicted octanol–water partition coefficient (Wildman–Crippen LogP) is 2.08. The standard InChI is InChI=1S/C16H21FN4O2S/c1-5-20(16(22)11(2)10-24(4)23)15-9-21(19-12(15)3)14-6-13(17)7-18-8-14/h6-9,11H,5,10H2,1-4H3. The summed E-state index contributed by atoms with van der Waals surface area (Å²) in [7, 11) is -1.04. The Morgan fingerprint density at radius 3 is 2.75 bits per heavy atom. The third-order valence-corrected chi connectivity index (χ3v) is 4.58. The molecule has 0 aliphatic heterocycles. The monoisotopic (exact) mass is 352 g/mol. The summed E-state index contributed by atoms with van der Waals surface area (Å²) in [5.74, 6) is -0.595. The molecule has 2 aromatic heterocycles. The first kappa shape index (κ1) is 18.3. The smallest absolute Gasteiger partial charge is 0.230 e. The number of nitrogens with zero attached hydrogens (tertiary/aromatic N) is 4. The Balaban J connectivity index is 2.33. The quantitative estimate of drug-likeness (QED) is 0.798. The van der Waals surface area contributed by atoms with Gasteiger partial charge in [-0.05, 0) is 13.8 Å². The van der Waals surface area contributed by atoms with Crippen LogP contribution < -0.4 is 4.90 Å². The Labute approximate surface area is 143 Å². The third-order valence-electron chi connectivity index (χ3n) is 3.61. The first-order valence-corrected chi connectivity index (χ1v) is 9.34. The molecule has 2 atom stereocenters. The van der Waals surface area contributed by atoms with Crippen molar-refractivity contribution in [3.8, 4) is 5.69 Å². The highest BCUT2D eigenvalue weighted by Gasteiger charge is 2.24. The van der Waals surface area contributed by atoms with Crippen LogP contribution in [-0.4, -0.2) is 43.4 Å². The van der Waals surface area contributed by atoms with Gasteiger partial charge in [-0.3, -0.25) is 14.0 Å². The summed E-state index contributed by atoms with van der Waals surface area (Å²) in [5, 5.41) is 4.35. The van der Waals surface area contributed by atoms with E-state index in [9.17, 15) is 13.4 Å². The Morgan fingerprint density at radius 2 is 2.17 bits per heavy atom. The highest BCUT2D eigenvalue weighted by Crippen LogP contribution is 2.23. The first-order chi connectivity index (χ1) is 11.3. The Hall–Kier alpha value is -2.09. The maximum absolute atomic E-state index is 13.3. The van der Waals surface area contributed by atoms with Crippen molar-refractivity contribution in [3.05, 3.63) is 36.2 Å². The number of hydrogen-bond acceptors (Lipinski definition) is 4. The molecule has 0 aromatic carbocycles. The van der Waals surface area contributed by atoms with Gasteiger partial charge in [-0.2, -0.15) is 5.10 Å². The van der Waals surface area contributed by atoms with Crippen LogP contribution in [0.5, 0.6) is 0 Å². The van der Waals surface area contributed by atoms with Crippen LogP contribution in [0.2, 0.25) is 0 Å². The first-order valence-electron chi connectivity index (χ1n) is 7.62. The maximum Gasteiger partial charge on any atom is 0.230 e. The van der Waals surface area contributed by atoms with E-state index in [1.165, 1.54) is 16.9 Å². The second-order valence-corrected chi connectivity index (χ2v) is 7.11. The lowest BCUT2D eigenvalue weighted by molar-refractivity contribution is -0.121.